The number of benzene rings is 2. The van der Waals surface area contributed by atoms with Gasteiger partial charge in [-0.2, -0.15) is 0 Å². The minimum Gasteiger partial charge on any atom is -0.370 e. The second-order valence-corrected chi connectivity index (χ2v) is 6.54. The molecule has 1 heteroatoms. The molecule has 0 fully saturated rings. The van der Waals surface area contributed by atoms with Crippen LogP contribution in [0, 0.1) is 0 Å². The zero-order valence-corrected chi connectivity index (χ0v) is 16.3. The van der Waals surface area contributed by atoms with Crippen molar-refractivity contribution >= 4 is 11.8 Å². The van der Waals surface area contributed by atoms with Crippen LogP contribution in [0.5, 0.6) is 0 Å². The van der Waals surface area contributed by atoms with Crippen LogP contribution in [-0.4, -0.2) is 18.5 Å². The fourth-order valence-corrected chi connectivity index (χ4v) is 3.41. The highest BCUT2D eigenvalue weighted by molar-refractivity contribution is 5.70. The van der Waals surface area contributed by atoms with Crippen LogP contribution in [0.25, 0.3) is 11.8 Å². The molecule has 1 aliphatic rings. The third-order valence-corrected chi connectivity index (χ3v) is 5.17. The van der Waals surface area contributed by atoms with Crippen molar-refractivity contribution in [1.29, 1.82) is 0 Å². The fraction of sp³-hybridized carbons (Fsp3) is 0.333. The van der Waals surface area contributed by atoms with E-state index in [1.165, 1.54) is 27.3 Å². The quantitative estimate of drug-likeness (QED) is 0.747. The number of rotatable bonds is 4. The van der Waals surface area contributed by atoms with Crippen molar-refractivity contribution in [2.45, 2.75) is 39.5 Å². The summed E-state index contributed by atoms with van der Waals surface area (Å²) in [4.78, 5) is 2.35. The Morgan fingerprint density at radius 2 is 1.72 bits per heavy atom. The van der Waals surface area contributed by atoms with Gasteiger partial charge in [-0.25, -0.2) is 0 Å². The fourth-order valence-electron chi connectivity index (χ4n) is 3.41. The van der Waals surface area contributed by atoms with Gasteiger partial charge >= 0.3 is 0 Å². The summed E-state index contributed by atoms with van der Waals surface area (Å²) in [6.07, 6.45) is 5.43. The maximum absolute atomic E-state index is 4.10. The van der Waals surface area contributed by atoms with E-state index in [2.05, 4.69) is 93.1 Å². The molecule has 25 heavy (non-hydrogen) atoms. The molecule has 0 bridgehead atoms. The van der Waals surface area contributed by atoms with Gasteiger partial charge in [-0.15, -0.1) is 6.58 Å². The van der Waals surface area contributed by atoms with E-state index in [0.29, 0.717) is 0 Å². The first-order chi connectivity index (χ1) is 12.1. The molecule has 1 unspecified atom stereocenters. The largest absolute Gasteiger partial charge is 0.370 e. The second-order valence-electron chi connectivity index (χ2n) is 6.54. The molecule has 0 saturated heterocycles. The highest BCUT2D eigenvalue weighted by Crippen LogP contribution is 2.34. The van der Waals surface area contributed by atoms with Gasteiger partial charge in [0, 0.05) is 29.8 Å². The molecule has 0 N–H and O–H groups in total. The van der Waals surface area contributed by atoms with Crippen molar-refractivity contribution in [2.75, 3.05) is 13.6 Å². The Morgan fingerprint density at radius 3 is 2.40 bits per heavy atom. The maximum atomic E-state index is 4.10. The van der Waals surface area contributed by atoms with Crippen molar-refractivity contribution in [3.63, 3.8) is 0 Å². The lowest BCUT2D eigenvalue weighted by atomic mass is 9.77. The standard InChI is InChI=1S/C22H25N.C2H6/c1-5-22(3,6-2)20-14-10-9-13-19(20)21-18-12-8-7-11-17(18)15-16-23(21)4;1-2/h5,7-15H,1,6,16H2,2-4H3;1-2H3. The van der Waals surface area contributed by atoms with Gasteiger partial charge in [0.25, 0.3) is 0 Å². The number of hydrogen-bond donors (Lipinski definition) is 0. The van der Waals surface area contributed by atoms with Crippen LogP contribution >= 0.6 is 0 Å². The summed E-state index contributed by atoms with van der Waals surface area (Å²) in [5, 5.41) is 2.64. The topological polar surface area (TPSA) is 3.24 Å². The molecule has 132 valence electrons. The number of allylic oxidation sites excluding steroid dienone is 1. The Morgan fingerprint density at radius 1 is 1.08 bits per heavy atom. The molecule has 0 aliphatic carbocycles. The Kier molecular flexibility index (Phi) is 6.25. The Hall–Kier alpha value is -2.28. The molecule has 1 nitrogen and oxygen atoms in total. The van der Waals surface area contributed by atoms with Gasteiger partial charge < -0.3 is 4.90 Å². The smallest absolute Gasteiger partial charge is 0.0522 e. The molecule has 0 saturated carbocycles. The van der Waals surface area contributed by atoms with Crippen molar-refractivity contribution < 1.29 is 0 Å². The number of nitrogens with zero attached hydrogens (tertiary/aromatic N) is 1. The molecule has 3 rings (SSSR count). The van der Waals surface area contributed by atoms with Crippen molar-refractivity contribution in [3.8, 4) is 0 Å². The van der Waals surface area contributed by atoms with Gasteiger partial charge in [-0.1, -0.05) is 88.4 Å². The summed E-state index contributed by atoms with van der Waals surface area (Å²) in [7, 11) is 2.18. The lowest BCUT2D eigenvalue weighted by Gasteiger charge is -2.32. The zero-order valence-electron chi connectivity index (χ0n) is 16.3. The summed E-state index contributed by atoms with van der Waals surface area (Å²) in [5.41, 5.74) is 3.98. The molecule has 1 atom stereocenters. The van der Waals surface area contributed by atoms with Gasteiger partial charge in [0.2, 0.25) is 0 Å². The van der Waals surface area contributed by atoms with Crippen molar-refractivity contribution in [3.05, 3.63) is 82.8 Å². The summed E-state index contributed by atoms with van der Waals surface area (Å²) in [5.74, 6) is 0. The molecular weight excluding hydrogens is 302 g/mol. The van der Waals surface area contributed by atoms with Crippen LogP contribution in [0.2, 0.25) is 0 Å². The van der Waals surface area contributed by atoms with Crippen LogP contribution in [0.1, 0.15) is 45.2 Å². The Balaban J connectivity index is 0.00000109. The van der Waals surface area contributed by atoms with E-state index in [4.69, 9.17) is 0 Å². The van der Waals surface area contributed by atoms with Gasteiger partial charge in [0.15, 0.2) is 0 Å². The average molecular weight is 334 g/mol. The lowest BCUT2D eigenvalue weighted by Crippen LogP contribution is -2.39. The molecule has 1 aliphatic heterocycles. The average Bonchev–Trinajstić information content (AvgIpc) is 2.69. The van der Waals surface area contributed by atoms with Gasteiger partial charge in [-0.05, 0) is 17.2 Å². The highest BCUT2D eigenvalue weighted by atomic mass is 15.1. The SMILES string of the molecule is C=CC(C)(CC)c1ccccc1C1=c2ccccc2=CCN1C.CC. The summed E-state index contributed by atoms with van der Waals surface area (Å²) < 4.78 is 0. The molecule has 2 aromatic rings. The zero-order chi connectivity index (χ0) is 18.4. The predicted molar refractivity (Wildman–Crippen MR) is 111 cm³/mol. The minimum atomic E-state index is -0.0134. The molecule has 2 aromatic carbocycles. The molecule has 0 spiro atoms. The van der Waals surface area contributed by atoms with E-state index in [0.717, 1.165) is 13.0 Å². The first kappa shape index (κ1) is 19.1. The Labute approximate surface area is 153 Å². The Bertz CT molecular complexity index is 846. The van der Waals surface area contributed by atoms with Crippen LogP contribution in [0.15, 0.2) is 61.2 Å². The number of hydrogen-bond acceptors (Lipinski definition) is 1. The predicted octanol–water partition coefficient (Wildman–Crippen LogP) is 4.45. The van der Waals surface area contributed by atoms with E-state index < -0.39 is 0 Å². The third kappa shape index (κ3) is 3.56. The summed E-state index contributed by atoms with van der Waals surface area (Å²) >= 11 is 0. The first-order valence-corrected chi connectivity index (χ1v) is 9.35. The molecule has 0 radical (unpaired) electrons. The van der Waals surface area contributed by atoms with Crippen LogP contribution in [-0.2, 0) is 5.41 Å². The maximum Gasteiger partial charge on any atom is 0.0522 e. The van der Waals surface area contributed by atoms with E-state index in [1.54, 1.807) is 0 Å². The van der Waals surface area contributed by atoms with Crippen molar-refractivity contribution in [2.24, 2.45) is 0 Å². The molecule has 0 aromatic heterocycles. The third-order valence-electron chi connectivity index (χ3n) is 5.17. The summed E-state index contributed by atoms with van der Waals surface area (Å²) in [6.45, 7) is 13.6. The normalized spacial score (nSPS) is 15.2. The van der Waals surface area contributed by atoms with Crippen LogP contribution < -0.4 is 10.4 Å². The molecule has 0 amide bonds. The van der Waals surface area contributed by atoms with E-state index in [1.807, 2.05) is 13.8 Å². The highest BCUT2D eigenvalue weighted by Gasteiger charge is 2.26. The van der Waals surface area contributed by atoms with Gasteiger partial charge in [0.05, 0.1) is 5.70 Å². The summed E-state index contributed by atoms with van der Waals surface area (Å²) in [6, 6.07) is 17.5. The van der Waals surface area contributed by atoms with Gasteiger partial charge in [0.1, 0.15) is 0 Å². The van der Waals surface area contributed by atoms with E-state index in [9.17, 15) is 0 Å². The second kappa shape index (κ2) is 8.20. The molecular formula is C24H31N. The van der Waals surface area contributed by atoms with Gasteiger partial charge in [-0.3, -0.25) is 0 Å². The van der Waals surface area contributed by atoms with Crippen molar-refractivity contribution in [1.82, 2.24) is 4.90 Å². The van der Waals surface area contributed by atoms with E-state index >= 15 is 0 Å². The lowest BCUT2D eigenvalue weighted by molar-refractivity contribution is 0.530. The number of fused-ring (bicyclic) bond motifs is 1. The minimum absolute atomic E-state index is 0.0134. The van der Waals surface area contributed by atoms with E-state index in [-0.39, 0.29) is 5.41 Å². The van der Waals surface area contributed by atoms with Crippen LogP contribution in [0.4, 0.5) is 0 Å². The van der Waals surface area contributed by atoms with Crippen LogP contribution in [0.3, 0.4) is 0 Å². The monoisotopic (exact) mass is 333 g/mol. The first-order valence-electron chi connectivity index (χ1n) is 9.35. The molecule has 1 heterocycles.